The molecule has 80 valence electrons. The van der Waals surface area contributed by atoms with Gasteiger partial charge in [-0.05, 0) is 50.6 Å². The molecular formula is C12H22N2. The van der Waals surface area contributed by atoms with Crippen LogP contribution in [0.1, 0.15) is 32.6 Å². The highest BCUT2D eigenvalue weighted by Crippen LogP contribution is 2.51. The molecule has 2 heteroatoms. The second kappa shape index (κ2) is 3.49. The summed E-state index contributed by atoms with van der Waals surface area (Å²) in [6.45, 7) is 6.11. The maximum Gasteiger partial charge on any atom is 0.0209 e. The van der Waals surface area contributed by atoms with Gasteiger partial charge in [0.1, 0.15) is 0 Å². The minimum absolute atomic E-state index is 0.803. The number of nitrogens with one attached hydrogen (secondary N) is 1. The second-order valence-corrected chi connectivity index (χ2v) is 5.47. The van der Waals surface area contributed by atoms with Gasteiger partial charge < -0.3 is 10.2 Å². The summed E-state index contributed by atoms with van der Waals surface area (Å²) >= 11 is 0. The molecule has 1 N–H and O–H groups in total. The fourth-order valence-electron chi connectivity index (χ4n) is 3.44. The Labute approximate surface area is 87.0 Å². The number of hydrogen-bond acceptors (Lipinski definition) is 2. The maximum atomic E-state index is 3.86. The van der Waals surface area contributed by atoms with E-state index in [0.29, 0.717) is 0 Å². The fourth-order valence-corrected chi connectivity index (χ4v) is 3.44. The number of hydrogen-bond donors (Lipinski definition) is 1. The SMILES string of the molecule is CCN1CCC(NC2CC3CC3C2)C1. The lowest BCUT2D eigenvalue weighted by atomic mass is 10.1. The van der Waals surface area contributed by atoms with Crippen LogP contribution in [0.3, 0.4) is 0 Å². The molecule has 1 aliphatic heterocycles. The molecule has 3 fully saturated rings. The molecule has 0 bridgehead atoms. The predicted octanol–water partition coefficient (Wildman–Crippen LogP) is 1.47. The Morgan fingerprint density at radius 2 is 1.93 bits per heavy atom. The molecule has 2 saturated carbocycles. The van der Waals surface area contributed by atoms with Gasteiger partial charge in [-0.25, -0.2) is 0 Å². The molecule has 14 heavy (non-hydrogen) atoms. The van der Waals surface area contributed by atoms with Crippen molar-refractivity contribution in [3.05, 3.63) is 0 Å². The van der Waals surface area contributed by atoms with E-state index in [0.717, 1.165) is 23.9 Å². The summed E-state index contributed by atoms with van der Waals surface area (Å²) in [5.74, 6) is 2.24. The molecule has 0 amide bonds. The molecule has 1 heterocycles. The predicted molar refractivity (Wildman–Crippen MR) is 58.3 cm³/mol. The van der Waals surface area contributed by atoms with E-state index in [1.807, 2.05) is 0 Å². The number of fused-ring (bicyclic) bond motifs is 1. The van der Waals surface area contributed by atoms with E-state index in [1.165, 1.54) is 38.9 Å². The molecule has 1 saturated heterocycles. The summed E-state index contributed by atoms with van der Waals surface area (Å²) in [5.41, 5.74) is 0. The summed E-state index contributed by atoms with van der Waals surface area (Å²) in [6, 6.07) is 1.68. The minimum atomic E-state index is 0.803. The van der Waals surface area contributed by atoms with Crippen LogP contribution in [0.5, 0.6) is 0 Å². The maximum absolute atomic E-state index is 3.86. The first-order valence-electron chi connectivity index (χ1n) is 6.33. The van der Waals surface area contributed by atoms with Crippen molar-refractivity contribution in [1.82, 2.24) is 10.2 Å². The molecule has 2 aliphatic carbocycles. The van der Waals surface area contributed by atoms with Crippen molar-refractivity contribution < 1.29 is 0 Å². The van der Waals surface area contributed by atoms with Gasteiger partial charge in [-0.3, -0.25) is 0 Å². The van der Waals surface area contributed by atoms with Gasteiger partial charge in [-0.1, -0.05) is 6.92 Å². The molecule has 3 unspecified atom stereocenters. The smallest absolute Gasteiger partial charge is 0.0209 e. The minimum Gasteiger partial charge on any atom is -0.310 e. The monoisotopic (exact) mass is 194 g/mol. The molecule has 0 radical (unpaired) electrons. The van der Waals surface area contributed by atoms with E-state index in [1.54, 1.807) is 6.42 Å². The highest BCUT2D eigenvalue weighted by atomic mass is 15.2. The second-order valence-electron chi connectivity index (χ2n) is 5.47. The van der Waals surface area contributed by atoms with E-state index < -0.39 is 0 Å². The molecule has 3 atom stereocenters. The lowest BCUT2D eigenvalue weighted by Crippen LogP contribution is -2.39. The number of likely N-dealkylation sites (tertiary alicyclic amines) is 1. The summed E-state index contributed by atoms with van der Waals surface area (Å²) in [5, 5.41) is 3.86. The third-order valence-corrected chi connectivity index (χ3v) is 4.43. The molecule has 0 aromatic heterocycles. The molecule has 0 spiro atoms. The van der Waals surface area contributed by atoms with E-state index in [9.17, 15) is 0 Å². The van der Waals surface area contributed by atoms with Gasteiger partial charge in [-0.15, -0.1) is 0 Å². The van der Waals surface area contributed by atoms with Gasteiger partial charge in [0.2, 0.25) is 0 Å². The summed E-state index contributed by atoms with van der Waals surface area (Å²) < 4.78 is 0. The average molecular weight is 194 g/mol. The van der Waals surface area contributed by atoms with Crippen LogP contribution in [-0.4, -0.2) is 36.6 Å². The molecule has 3 rings (SSSR count). The van der Waals surface area contributed by atoms with E-state index in [4.69, 9.17) is 0 Å². The molecule has 3 aliphatic rings. The van der Waals surface area contributed by atoms with Gasteiger partial charge in [-0.2, -0.15) is 0 Å². The Balaban J connectivity index is 1.44. The Morgan fingerprint density at radius 1 is 1.14 bits per heavy atom. The van der Waals surface area contributed by atoms with Gasteiger partial charge >= 0.3 is 0 Å². The van der Waals surface area contributed by atoms with Crippen LogP contribution in [0.25, 0.3) is 0 Å². The standard InChI is InChI=1S/C12H22N2/c1-2-14-4-3-11(8-14)13-12-6-9-5-10(9)7-12/h9-13H,2-8H2,1H3. The van der Waals surface area contributed by atoms with E-state index >= 15 is 0 Å². The summed E-state index contributed by atoms with van der Waals surface area (Å²) in [4.78, 5) is 2.56. The lowest BCUT2D eigenvalue weighted by Gasteiger charge is -2.20. The normalized spacial score (nSPS) is 46.9. The topological polar surface area (TPSA) is 15.3 Å². The Morgan fingerprint density at radius 3 is 2.57 bits per heavy atom. The first-order valence-corrected chi connectivity index (χ1v) is 6.33. The lowest BCUT2D eigenvalue weighted by molar-refractivity contribution is 0.334. The number of rotatable bonds is 3. The quantitative estimate of drug-likeness (QED) is 0.732. The Kier molecular flexibility index (Phi) is 2.29. The number of nitrogens with zero attached hydrogens (tertiary/aromatic N) is 1. The zero-order chi connectivity index (χ0) is 9.54. The van der Waals surface area contributed by atoms with Gasteiger partial charge in [0, 0.05) is 18.6 Å². The van der Waals surface area contributed by atoms with Crippen LogP contribution in [0.2, 0.25) is 0 Å². The molecular weight excluding hydrogens is 172 g/mol. The molecule has 2 nitrogen and oxygen atoms in total. The zero-order valence-corrected chi connectivity index (χ0v) is 9.21. The van der Waals surface area contributed by atoms with Crippen LogP contribution in [0, 0.1) is 11.8 Å². The largest absolute Gasteiger partial charge is 0.310 e. The van der Waals surface area contributed by atoms with Crippen LogP contribution in [0.4, 0.5) is 0 Å². The highest BCUT2D eigenvalue weighted by molar-refractivity contribution is 5.00. The van der Waals surface area contributed by atoms with Crippen molar-refractivity contribution in [1.29, 1.82) is 0 Å². The van der Waals surface area contributed by atoms with Crippen LogP contribution >= 0.6 is 0 Å². The number of likely N-dealkylation sites (N-methyl/N-ethyl adjacent to an activating group) is 1. The zero-order valence-electron chi connectivity index (χ0n) is 9.21. The van der Waals surface area contributed by atoms with Gasteiger partial charge in [0.15, 0.2) is 0 Å². The molecule has 0 aromatic carbocycles. The Hall–Kier alpha value is -0.0800. The van der Waals surface area contributed by atoms with Crippen LogP contribution in [0.15, 0.2) is 0 Å². The first-order chi connectivity index (χ1) is 6.85. The highest BCUT2D eigenvalue weighted by Gasteiger charge is 2.46. The van der Waals surface area contributed by atoms with E-state index in [2.05, 4.69) is 17.1 Å². The van der Waals surface area contributed by atoms with Gasteiger partial charge in [0.25, 0.3) is 0 Å². The average Bonchev–Trinajstić information content (AvgIpc) is 2.66. The molecule has 0 aromatic rings. The van der Waals surface area contributed by atoms with E-state index in [-0.39, 0.29) is 0 Å². The van der Waals surface area contributed by atoms with Crippen LogP contribution in [-0.2, 0) is 0 Å². The fraction of sp³-hybridized carbons (Fsp3) is 1.00. The first kappa shape index (κ1) is 9.17. The third-order valence-electron chi connectivity index (χ3n) is 4.43. The van der Waals surface area contributed by atoms with Crippen molar-refractivity contribution in [3.8, 4) is 0 Å². The van der Waals surface area contributed by atoms with Gasteiger partial charge in [0.05, 0.1) is 0 Å². The third kappa shape index (κ3) is 1.70. The van der Waals surface area contributed by atoms with Crippen molar-refractivity contribution in [3.63, 3.8) is 0 Å². The van der Waals surface area contributed by atoms with Crippen molar-refractivity contribution in [2.24, 2.45) is 11.8 Å². The Bertz CT molecular complexity index is 206. The van der Waals surface area contributed by atoms with Crippen molar-refractivity contribution in [2.45, 2.75) is 44.7 Å². The van der Waals surface area contributed by atoms with Crippen LogP contribution < -0.4 is 5.32 Å². The summed E-state index contributed by atoms with van der Waals surface area (Å²) in [7, 11) is 0. The summed E-state index contributed by atoms with van der Waals surface area (Å²) in [6.07, 6.45) is 5.88. The van der Waals surface area contributed by atoms with Crippen molar-refractivity contribution >= 4 is 0 Å². The van der Waals surface area contributed by atoms with Crippen molar-refractivity contribution in [2.75, 3.05) is 19.6 Å².